The van der Waals surface area contributed by atoms with Gasteiger partial charge in [-0.3, -0.25) is 9.89 Å². The smallest absolute Gasteiger partial charge is 0.221 e. The molecule has 1 amide bonds. The average Bonchev–Trinajstić information content (AvgIpc) is 2.71. The van der Waals surface area contributed by atoms with Crippen molar-refractivity contribution in [3.8, 4) is 0 Å². The lowest BCUT2D eigenvalue weighted by molar-refractivity contribution is -0.121. The van der Waals surface area contributed by atoms with E-state index < -0.39 is 9.84 Å². The summed E-state index contributed by atoms with van der Waals surface area (Å²) < 4.78 is 22.9. The Hall–Kier alpha value is -1.41. The van der Waals surface area contributed by atoms with Crippen LogP contribution in [0.5, 0.6) is 0 Å². The third-order valence-electron chi connectivity index (χ3n) is 3.14. The molecule has 0 spiro atoms. The minimum absolute atomic E-state index is 0.0329. The highest BCUT2D eigenvalue weighted by molar-refractivity contribution is 7.91. The SMILES string of the molecule is Cc1[nH]ncc1CNC(=O)CC1CS(=O)(=O)CCN1. The molecule has 1 aromatic rings. The molecule has 1 aromatic heterocycles. The van der Waals surface area contributed by atoms with Gasteiger partial charge >= 0.3 is 0 Å². The van der Waals surface area contributed by atoms with Gasteiger partial charge in [-0.25, -0.2) is 8.42 Å². The van der Waals surface area contributed by atoms with Gasteiger partial charge in [0.05, 0.1) is 17.7 Å². The van der Waals surface area contributed by atoms with E-state index in [0.717, 1.165) is 11.3 Å². The molecule has 8 heteroatoms. The first-order chi connectivity index (χ1) is 8.96. The summed E-state index contributed by atoms with van der Waals surface area (Å²) >= 11 is 0. The molecule has 1 aliphatic rings. The van der Waals surface area contributed by atoms with Crippen molar-refractivity contribution in [1.82, 2.24) is 20.8 Å². The van der Waals surface area contributed by atoms with Gasteiger partial charge in [-0.15, -0.1) is 0 Å². The number of sulfone groups is 1. The van der Waals surface area contributed by atoms with Crippen LogP contribution in [0.15, 0.2) is 6.20 Å². The van der Waals surface area contributed by atoms with E-state index in [0.29, 0.717) is 13.1 Å². The maximum atomic E-state index is 11.8. The molecule has 1 atom stereocenters. The predicted octanol–water partition coefficient (Wildman–Crippen LogP) is -0.889. The second-order valence-electron chi connectivity index (χ2n) is 4.77. The lowest BCUT2D eigenvalue weighted by Crippen LogP contribution is -2.47. The minimum Gasteiger partial charge on any atom is -0.352 e. The number of hydrogen-bond acceptors (Lipinski definition) is 5. The minimum atomic E-state index is -3.00. The fraction of sp³-hybridized carbons (Fsp3) is 0.636. The van der Waals surface area contributed by atoms with Gasteiger partial charge in [0.1, 0.15) is 0 Å². The first-order valence-corrected chi connectivity index (χ1v) is 7.98. The van der Waals surface area contributed by atoms with Gasteiger partial charge in [-0.1, -0.05) is 0 Å². The molecule has 1 aliphatic heterocycles. The highest BCUT2D eigenvalue weighted by Gasteiger charge is 2.25. The number of hydrogen-bond donors (Lipinski definition) is 3. The Labute approximate surface area is 112 Å². The molecular formula is C11H18N4O3S. The maximum absolute atomic E-state index is 11.8. The third-order valence-corrected chi connectivity index (χ3v) is 4.88. The second-order valence-corrected chi connectivity index (χ2v) is 7.00. The predicted molar refractivity (Wildman–Crippen MR) is 70.2 cm³/mol. The van der Waals surface area contributed by atoms with Crippen LogP contribution >= 0.6 is 0 Å². The van der Waals surface area contributed by atoms with Gasteiger partial charge in [0.2, 0.25) is 5.91 Å². The van der Waals surface area contributed by atoms with Gasteiger partial charge in [-0.05, 0) is 6.92 Å². The number of aromatic amines is 1. The number of aryl methyl sites for hydroxylation is 1. The third kappa shape index (κ3) is 4.03. The first-order valence-electron chi connectivity index (χ1n) is 6.15. The molecule has 2 heterocycles. The average molecular weight is 286 g/mol. The summed E-state index contributed by atoms with van der Waals surface area (Å²) in [6, 6.07) is -0.288. The first kappa shape index (κ1) is 14.0. The maximum Gasteiger partial charge on any atom is 0.221 e. The molecule has 106 valence electrons. The van der Waals surface area contributed by atoms with Crippen molar-refractivity contribution in [1.29, 1.82) is 0 Å². The lowest BCUT2D eigenvalue weighted by atomic mass is 10.2. The van der Waals surface area contributed by atoms with E-state index in [-0.39, 0.29) is 29.9 Å². The molecule has 7 nitrogen and oxygen atoms in total. The van der Waals surface area contributed by atoms with Crippen LogP contribution in [0.1, 0.15) is 17.7 Å². The monoisotopic (exact) mass is 286 g/mol. The summed E-state index contributed by atoms with van der Waals surface area (Å²) in [4.78, 5) is 11.8. The molecule has 0 aliphatic carbocycles. The Morgan fingerprint density at radius 2 is 2.37 bits per heavy atom. The topological polar surface area (TPSA) is 104 Å². The van der Waals surface area contributed by atoms with E-state index in [1.54, 1.807) is 6.20 Å². The van der Waals surface area contributed by atoms with Gasteiger partial charge in [-0.2, -0.15) is 5.10 Å². The van der Waals surface area contributed by atoms with Gasteiger partial charge in [0.25, 0.3) is 0 Å². The number of carbonyl (C=O) groups excluding carboxylic acids is 1. The van der Waals surface area contributed by atoms with E-state index in [1.165, 1.54) is 0 Å². The van der Waals surface area contributed by atoms with Crippen molar-refractivity contribution >= 4 is 15.7 Å². The van der Waals surface area contributed by atoms with Crippen molar-refractivity contribution in [2.45, 2.75) is 25.9 Å². The summed E-state index contributed by atoms with van der Waals surface area (Å²) in [7, 11) is -3.00. The molecule has 0 saturated carbocycles. The van der Waals surface area contributed by atoms with Crippen LogP contribution < -0.4 is 10.6 Å². The number of rotatable bonds is 4. The largest absolute Gasteiger partial charge is 0.352 e. The number of carbonyl (C=O) groups is 1. The van der Waals surface area contributed by atoms with Gasteiger partial charge in [0.15, 0.2) is 9.84 Å². The Balaban J connectivity index is 1.80. The van der Waals surface area contributed by atoms with E-state index in [2.05, 4.69) is 20.8 Å². The van der Waals surface area contributed by atoms with Crippen LogP contribution in [0.4, 0.5) is 0 Å². The Morgan fingerprint density at radius 1 is 1.58 bits per heavy atom. The number of nitrogens with zero attached hydrogens (tertiary/aromatic N) is 1. The fourth-order valence-corrected chi connectivity index (χ4v) is 3.49. The van der Waals surface area contributed by atoms with Crippen LogP contribution in [0.25, 0.3) is 0 Å². The van der Waals surface area contributed by atoms with E-state index >= 15 is 0 Å². The molecule has 0 aromatic carbocycles. The van der Waals surface area contributed by atoms with E-state index in [9.17, 15) is 13.2 Å². The van der Waals surface area contributed by atoms with Crippen LogP contribution in [0.2, 0.25) is 0 Å². The van der Waals surface area contributed by atoms with Crippen molar-refractivity contribution in [3.05, 3.63) is 17.5 Å². The highest BCUT2D eigenvalue weighted by atomic mass is 32.2. The quantitative estimate of drug-likeness (QED) is 0.666. The summed E-state index contributed by atoms with van der Waals surface area (Å²) in [5, 5.41) is 12.5. The zero-order chi connectivity index (χ0) is 13.9. The Kier molecular flexibility index (Phi) is 4.20. The van der Waals surface area contributed by atoms with Crippen molar-refractivity contribution in [3.63, 3.8) is 0 Å². The molecule has 19 heavy (non-hydrogen) atoms. The zero-order valence-corrected chi connectivity index (χ0v) is 11.6. The Morgan fingerprint density at radius 3 is 3.00 bits per heavy atom. The van der Waals surface area contributed by atoms with Crippen molar-refractivity contribution < 1.29 is 13.2 Å². The lowest BCUT2D eigenvalue weighted by Gasteiger charge is -2.23. The number of nitrogens with one attached hydrogen (secondary N) is 3. The van der Waals surface area contributed by atoms with Crippen LogP contribution in [-0.4, -0.2) is 48.6 Å². The summed E-state index contributed by atoms with van der Waals surface area (Å²) in [5.74, 6) is 0.0278. The van der Waals surface area contributed by atoms with Crippen LogP contribution in [0, 0.1) is 6.92 Å². The molecule has 0 bridgehead atoms. The van der Waals surface area contributed by atoms with E-state index in [4.69, 9.17) is 0 Å². The molecule has 1 unspecified atom stereocenters. The summed E-state index contributed by atoms with van der Waals surface area (Å²) in [5.41, 5.74) is 1.84. The van der Waals surface area contributed by atoms with Crippen LogP contribution in [0.3, 0.4) is 0 Å². The van der Waals surface area contributed by atoms with Crippen molar-refractivity contribution in [2.75, 3.05) is 18.1 Å². The number of aromatic nitrogens is 2. The number of amides is 1. The molecular weight excluding hydrogens is 268 g/mol. The number of H-pyrrole nitrogens is 1. The Bertz CT molecular complexity index is 552. The molecule has 3 N–H and O–H groups in total. The van der Waals surface area contributed by atoms with Gasteiger partial charge < -0.3 is 10.6 Å². The molecule has 1 saturated heterocycles. The van der Waals surface area contributed by atoms with Crippen molar-refractivity contribution in [2.24, 2.45) is 0 Å². The highest BCUT2D eigenvalue weighted by Crippen LogP contribution is 2.06. The summed E-state index contributed by atoms with van der Waals surface area (Å²) in [6.07, 6.45) is 1.84. The standard InChI is InChI=1S/C11H18N4O3S/c1-8-9(6-14-15-8)5-13-11(16)4-10-7-19(17,18)3-2-12-10/h6,10,12H,2-5,7H2,1H3,(H,13,16)(H,14,15). The summed E-state index contributed by atoms with van der Waals surface area (Å²) in [6.45, 7) is 2.70. The van der Waals surface area contributed by atoms with Gasteiger partial charge in [0, 0.05) is 36.8 Å². The normalized spacial score (nSPS) is 22.1. The second kappa shape index (κ2) is 5.70. The van der Waals surface area contributed by atoms with E-state index in [1.807, 2.05) is 6.92 Å². The molecule has 2 rings (SSSR count). The zero-order valence-electron chi connectivity index (χ0n) is 10.8. The molecule has 0 radical (unpaired) electrons. The fourth-order valence-electron chi connectivity index (χ4n) is 2.04. The van der Waals surface area contributed by atoms with Crippen LogP contribution in [-0.2, 0) is 21.2 Å². The molecule has 1 fully saturated rings.